The Labute approximate surface area is 159 Å². The van der Waals surface area contributed by atoms with E-state index in [1.807, 2.05) is 49.5 Å². The van der Waals surface area contributed by atoms with Crippen LogP contribution in [0.3, 0.4) is 0 Å². The molecule has 0 saturated carbocycles. The summed E-state index contributed by atoms with van der Waals surface area (Å²) in [5.41, 5.74) is 2.97. The Kier molecular flexibility index (Phi) is 5.81. The zero-order chi connectivity index (χ0) is 19.3. The number of nitrogens with zero attached hydrogens (tertiary/aromatic N) is 2. The highest BCUT2D eigenvalue weighted by Gasteiger charge is 2.12. The predicted molar refractivity (Wildman–Crippen MR) is 106 cm³/mol. The third kappa shape index (κ3) is 5.10. The molecular formula is C20H23N3O3S. The van der Waals surface area contributed by atoms with E-state index in [4.69, 9.17) is 4.74 Å². The van der Waals surface area contributed by atoms with Crippen molar-refractivity contribution in [2.45, 2.75) is 24.9 Å². The average molecular weight is 385 g/mol. The lowest BCUT2D eigenvalue weighted by molar-refractivity contribution is 0.340. The lowest BCUT2D eigenvalue weighted by atomic mass is 10.1. The molecule has 2 aromatic carbocycles. The van der Waals surface area contributed by atoms with E-state index in [2.05, 4.69) is 14.9 Å². The van der Waals surface area contributed by atoms with Gasteiger partial charge in [0.05, 0.1) is 30.1 Å². The lowest BCUT2D eigenvalue weighted by Crippen LogP contribution is -2.22. The molecule has 0 atom stereocenters. The third-order valence-electron chi connectivity index (χ3n) is 4.15. The molecule has 27 heavy (non-hydrogen) atoms. The summed E-state index contributed by atoms with van der Waals surface area (Å²) < 4.78 is 28.9. The molecule has 6 nitrogen and oxygen atoms in total. The van der Waals surface area contributed by atoms with E-state index in [1.165, 1.54) is 6.26 Å². The van der Waals surface area contributed by atoms with E-state index in [0.717, 1.165) is 22.7 Å². The minimum absolute atomic E-state index is 0.312. The summed E-state index contributed by atoms with van der Waals surface area (Å²) >= 11 is 0. The van der Waals surface area contributed by atoms with Gasteiger partial charge in [-0.2, -0.15) is 0 Å². The molecule has 0 fully saturated rings. The number of rotatable bonds is 8. The van der Waals surface area contributed by atoms with Gasteiger partial charge in [0.25, 0.3) is 0 Å². The van der Waals surface area contributed by atoms with E-state index in [-0.39, 0.29) is 0 Å². The van der Waals surface area contributed by atoms with Crippen molar-refractivity contribution < 1.29 is 13.2 Å². The van der Waals surface area contributed by atoms with Crippen LogP contribution in [0.25, 0.3) is 0 Å². The van der Waals surface area contributed by atoms with E-state index in [0.29, 0.717) is 24.6 Å². The molecule has 7 heteroatoms. The second-order valence-electron chi connectivity index (χ2n) is 6.26. The van der Waals surface area contributed by atoms with Crippen molar-refractivity contribution >= 4 is 15.5 Å². The van der Waals surface area contributed by atoms with Gasteiger partial charge in [-0.1, -0.05) is 12.1 Å². The summed E-state index contributed by atoms with van der Waals surface area (Å²) in [6.45, 7) is 3.86. The maximum Gasteiger partial charge on any atom is 0.175 e. The van der Waals surface area contributed by atoms with Crippen LogP contribution in [0.5, 0.6) is 5.75 Å². The number of hydrogen-bond acceptors (Lipinski definition) is 5. The van der Waals surface area contributed by atoms with Gasteiger partial charge < -0.3 is 14.6 Å². The normalized spacial score (nSPS) is 11.3. The lowest BCUT2D eigenvalue weighted by Gasteiger charge is -2.24. The molecule has 1 aromatic heterocycles. The maximum absolute atomic E-state index is 11.7. The molecule has 0 amide bonds. The van der Waals surface area contributed by atoms with Crippen LogP contribution < -0.4 is 9.64 Å². The van der Waals surface area contributed by atoms with Crippen molar-refractivity contribution in [1.82, 2.24) is 9.97 Å². The highest BCUT2D eigenvalue weighted by atomic mass is 32.2. The van der Waals surface area contributed by atoms with Crippen molar-refractivity contribution in [2.24, 2.45) is 0 Å². The summed E-state index contributed by atoms with van der Waals surface area (Å²) in [6, 6.07) is 14.9. The fourth-order valence-corrected chi connectivity index (χ4v) is 3.42. The van der Waals surface area contributed by atoms with Gasteiger partial charge >= 0.3 is 0 Å². The molecule has 0 bridgehead atoms. The summed E-state index contributed by atoms with van der Waals surface area (Å²) in [4.78, 5) is 9.74. The Morgan fingerprint density at radius 2 is 1.74 bits per heavy atom. The second-order valence-corrected chi connectivity index (χ2v) is 8.28. The number of aromatic amines is 1. The largest absolute Gasteiger partial charge is 0.494 e. The Hall–Kier alpha value is -2.80. The molecule has 1 N–H and O–H groups in total. The van der Waals surface area contributed by atoms with Crippen molar-refractivity contribution in [1.29, 1.82) is 0 Å². The molecule has 142 valence electrons. The third-order valence-corrected chi connectivity index (χ3v) is 5.27. The van der Waals surface area contributed by atoms with Crippen molar-refractivity contribution in [3.8, 4) is 5.75 Å². The Balaban J connectivity index is 1.84. The number of aromatic nitrogens is 2. The van der Waals surface area contributed by atoms with Gasteiger partial charge in [-0.25, -0.2) is 13.4 Å². The van der Waals surface area contributed by atoms with E-state index < -0.39 is 9.84 Å². The van der Waals surface area contributed by atoms with Crippen LogP contribution in [0.4, 0.5) is 5.69 Å². The number of sulfone groups is 1. The molecular weight excluding hydrogens is 362 g/mol. The van der Waals surface area contributed by atoms with Crippen LogP contribution in [0.15, 0.2) is 66.0 Å². The first-order chi connectivity index (χ1) is 13.0. The predicted octanol–water partition coefficient (Wildman–Crippen LogP) is 3.42. The molecule has 3 rings (SSSR count). The van der Waals surface area contributed by atoms with Gasteiger partial charge in [0.1, 0.15) is 5.75 Å². The zero-order valence-corrected chi connectivity index (χ0v) is 16.2. The van der Waals surface area contributed by atoms with Crippen molar-refractivity contribution in [3.05, 3.63) is 72.3 Å². The summed E-state index contributed by atoms with van der Waals surface area (Å²) in [5, 5.41) is 0. The first-order valence-corrected chi connectivity index (χ1v) is 10.6. The zero-order valence-electron chi connectivity index (χ0n) is 15.4. The number of anilines is 1. The fourth-order valence-electron chi connectivity index (χ4n) is 2.79. The van der Waals surface area contributed by atoms with Gasteiger partial charge in [0.15, 0.2) is 9.84 Å². The van der Waals surface area contributed by atoms with Crippen LogP contribution in [-0.4, -0.2) is 31.2 Å². The minimum Gasteiger partial charge on any atom is -0.494 e. The van der Waals surface area contributed by atoms with Crippen molar-refractivity contribution in [2.75, 3.05) is 17.8 Å². The number of imidazole rings is 1. The maximum atomic E-state index is 11.7. The van der Waals surface area contributed by atoms with Gasteiger partial charge in [0, 0.05) is 24.7 Å². The summed E-state index contributed by atoms with van der Waals surface area (Å²) in [7, 11) is -3.21. The van der Waals surface area contributed by atoms with Crippen LogP contribution in [0.1, 0.15) is 18.2 Å². The molecule has 3 aromatic rings. The van der Waals surface area contributed by atoms with Crippen LogP contribution in [0, 0.1) is 0 Å². The summed E-state index contributed by atoms with van der Waals surface area (Å²) in [5.74, 6) is 0.845. The van der Waals surface area contributed by atoms with Gasteiger partial charge in [-0.3, -0.25) is 0 Å². The Morgan fingerprint density at radius 1 is 1.04 bits per heavy atom. The quantitative estimate of drug-likeness (QED) is 0.643. The number of benzene rings is 2. The van der Waals surface area contributed by atoms with Gasteiger partial charge in [-0.05, 0) is 48.9 Å². The number of H-pyrrole nitrogens is 1. The Bertz CT molecular complexity index is 951. The first kappa shape index (κ1) is 19.0. The molecule has 0 spiro atoms. The first-order valence-electron chi connectivity index (χ1n) is 8.70. The number of ether oxygens (including phenoxy) is 1. The van der Waals surface area contributed by atoms with Gasteiger partial charge in [0.2, 0.25) is 0 Å². The minimum atomic E-state index is -3.21. The van der Waals surface area contributed by atoms with E-state index in [1.54, 1.807) is 18.5 Å². The molecule has 0 unspecified atom stereocenters. The molecule has 1 heterocycles. The second kappa shape index (κ2) is 8.26. The Morgan fingerprint density at radius 3 is 2.30 bits per heavy atom. The fraction of sp³-hybridized carbons (Fsp3) is 0.250. The number of hydrogen-bond donors (Lipinski definition) is 1. The highest BCUT2D eigenvalue weighted by molar-refractivity contribution is 7.90. The standard InChI is InChI=1S/C20H23N3O3S/c1-3-26-19-8-4-16(5-9-19)13-23(14-17-12-21-15-22-17)18-6-10-20(11-7-18)27(2,24)25/h4-12,15H,3,13-14H2,1-2H3,(H,21,22). The number of nitrogens with one attached hydrogen (secondary N) is 1. The monoisotopic (exact) mass is 385 g/mol. The van der Waals surface area contributed by atoms with Crippen LogP contribution in [-0.2, 0) is 22.9 Å². The topological polar surface area (TPSA) is 75.3 Å². The molecule has 0 aliphatic rings. The van der Waals surface area contributed by atoms with Gasteiger partial charge in [-0.15, -0.1) is 0 Å². The average Bonchev–Trinajstić information content (AvgIpc) is 3.15. The van der Waals surface area contributed by atoms with Crippen LogP contribution in [0.2, 0.25) is 0 Å². The summed E-state index contributed by atoms with van der Waals surface area (Å²) in [6.07, 6.45) is 4.72. The highest BCUT2D eigenvalue weighted by Crippen LogP contribution is 2.23. The molecule has 0 aliphatic heterocycles. The molecule has 0 saturated heterocycles. The van der Waals surface area contributed by atoms with E-state index >= 15 is 0 Å². The van der Waals surface area contributed by atoms with E-state index in [9.17, 15) is 8.42 Å². The SMILES string of the molecule is CCOc1ccc(CN(Cc2c[nH]cn2)c2ccc(S(C)(=O)=O)cc2)cc1. The van der Waals surface area contributed by atoms with Crippen LogP contribution >= 0.6 is 0 Å². The van der Waals surface area contributed by atoms with Crippen molar-refractivity contribution in [3.63, 3.8) is 0 Å². The molecule has 0 aliphatic carbocycles. The molecule has 0 radical (unpaired) electrons. The smallest absolute Gasteiger partial charge is 0.175 e.